The van der Waals surface area contributed by atoms with Gasteiger partial charge < -0.3 is 10.4 Å². The highest BCUT2D eigenvalue weighted by molar-refractivity contribution is 6.02. The molecule has 0 radical (unpaired) electrons. The first-order valence-electron chi connectivity index (χ1n) is 6.42. The molecule has 2 aromatic carbocycles. The number of aromatic hydroxyl groups is 1. The van der Waals surface area contributed by atoms with Crippen molar-refractivity contribution in [3.63, 3.8) is 0 Å². The van der Waals surface area contributed by atoms with Gasteiger partial charge in [-0.2, -0.15) is 5.10 Å². The highest BCUT2D eigenvalue weighted by Gasteiger charge is 2.01. The van der Waals surface area contributed by atoms with E-state index in [2.05, 4.69) is 15.5 Å². The Hall–Kier alpha value is -3.08. The van der Waals surface area contributed by atoms with Crippen LogP contribution in [0.5, 0.6) is 5.75 Å². The number of hydrogen-bond acceptors (Lipinski definition) is 3. The highest BCUT2D eigenvalue weighted by Crippen LogP contribution is 2.16. The molecular formula is C16H13N3O2. The fourth-order valence-corrected chi connectivity index (χ4v) is 1.96. The van der Waals surface area contributed by atoms with Crippen molar-refractivity contribution in [3.8, 4) is 5.75 Å². The third kappa shape index (κ3) is 3.09. The molecule has 0 saturated heterocycles. The molecule has 0 spiro atoms. The summed E-state index contributed by atoms with van der Waals surface area (Å²) in [6.07, 6.45) is 4.86. The van der Waals surface area contributed by atoms with Crippen LogP contribution in [-0.4, -0.2) is 21.2 Å². The van der Waals surface area contributed by atoms with Crippen molar-refractivity contribution in [2.24, 2.45) is 0 Å². The van der Waals surface area contributed by atoms with Crippen molar-refractivity contribution >= 4 is 28.6 Å². The van der Waals surface area contributed by atoms with Crippen LogP contribution in [0, 0.1) is 0 Å². The standard InChI is InChI=1S/C16H13N3O2/c20-14-6-1-11(2-7-14)3-8-16(21)18-13-5-4-12-10-17-19-15(12)9-13/h1-10,20H,(H,17,19)(H,18,21)/b8-3+. The van der Waals surface area contributed by atoms with E-state index >= 15 is 0 Å². The molecule has 21 heavy (non-hydrogen) atoms. The lowest BCUT2D eigenvalue weighted by Gasteiger charge is -2.02. The van der Waals surface area contributed by atoms with Crippen LogP contribution in [0.25, 0.3) is 17.0 Å². The summed E-state index contributed by atoms with van der Waals surface area (Å²) in [5.41, 5.74) is 2.41. The summed E-state index contributed by atoms with van der Waals surface area (Å²) < 4.78 is 0. The number of anilines is 1. The number of carbonyl (C=O) groups excluding carboxylic acids is 1. The van der Waals surface area contributed by atoms with E-state index in [0.29, 0.717) is 5.69 Å². The predicted molar refractivity (Wildman–Crippen MR) is 81.9 cm³/mol. The maximum absolute atomic E-state index is 11.9. The Morgan fingerprint density at radius 2 is 2.00 bits per heavy atom. The number of benzene rings is 2. The normalized spacial score (nSPS) is 11.0. The second kappa shape index (κ2) is 5.50. The van der Waals surface area contributed by atoms with Crippen LogP contribution in [0.15, 0.2) is 54.7 Å². The van der Waals surface area contributed by atoms with E-state index in [0.717, 1.165) is 16.5 Å². The summed E-state index contributed by atoms with van der Waals surface area (Å²) in [6.45, 7) is 0. The first kappa shape index (κ1) is 12.9. The molecule has 0 aliphatic rings. The summed E-state index contributed by atoms with van der Waals surface area (Å²) in [5, 5.41) is 19.7. The molecule has 0 unspecified atom stereocenters. The number of phenols is 1. The molecule has 0 saturated carbocycles. The number of hydrogen-bond donors (Lipinski definition) is 3. The van der Waals surface area contributed by atoms with Gasteiger partial charge in [0.2, 0.25) is 5.91 Å². The molecule has 0 bridgehead atoms. The highest BCUT2D eigenvalue weighted by atomic mass is 16.3. The maximum Gasteiger partial charge on any atom is 0.248 e. The predicted octanol–water partition coefficient (Wildman–Crippen LogP) is 2.92. The molecular weight excluding hydrogens is 266 g/mol. The molecule has 3 rings (SSSR count). The number of carbonyl (C=O) groups is 1. The van der Waals surface area contributed by atoms with Crippen LogP contribution in [-0.2, 0) is 4.79 Å². The average Bonchev–Trinajstić information content (AvgIpc) is 2.94. The Morgan fingerprint density at radius 3 is 2.81 bits per heavy atom. The zero-order chi connectivity index (χ0) is 14.7. The second-order valence-electron chi connectivity index (χ2n) is 4.59. The van der Waals surface area contributed by atoms with Gasteiger partial charge in [-0.05, 0) is 42.0 Å². The van der Waals surface area contributed by atoms with Crippen LogP contribution in [0.4, 0.5) is 5.69 Å². The molecule has 0 aliphatic heterocycles. The Balaban J connectivity index is 1.69. The monoisotopic (exact) mass is 279 g/mol. The van der Waals surface area contributed by atoms with Crippen LogP contribution in [0.2, 0.25) is 0 Å². The number of nitrogens with one attached hydrogen (secondary N) is 2. The van der Waals surface area contributed by atoms with E-state index in [1.165, 1.54) is 6.08 Å². The molecule has 104 valence electrons. The number of amides is 1. The van der Waals surface area contributed by atoms with Crippen LogP contribution in [0.3, 0.4) is 0 Å². The molecule has 3 aromatic rings. The number of nitrogens with zero attached hydrogens (tertiary/aromatic N) is 1. The van der Waals surface area contributed by atoms with Gasteiger partial charge in [-0.25, -0.2) is 0 Å². The summed E-state index contributed by atoms with van der Waals surface area (Å²) in [4.78, 5) is 11.9. The number of aromatic amines is 1. The van der Waals surface area contributed by atoms with Gasteiger partial charge in [-0.3, -0.25) is 9.89 Å². The van der Waals surface area contributed by atoms with Gasteiger partial charge in [0.1, 0.15) is 5.75 Å². The first-order chi connectivity index (χ1) is 10.2. The quantitative estimate of drug-likeness (QED) is 0.645. The zero-order valence-corrected chi connectivity index (χ0v) is 11.1. The smallest absolute Gasteiger partial charge is 0.248 e. The lowest BCUT2D eigenvalue weighted by Crippen LogP contribution is -2.07. The molecule has 1 amide bonds. The van der Waals surface area contributed by atoms with Gasteiger partial charge in [0, 0.05) is 17.1 Å². The molecule has 3 N–H and O–H groups in total. The average molecular weight is 279 g/mol. The minimum Gasteiger partial charge on any atom is -0.508 e. The zero-order valence-electron chi connectivity index (χ0n) is 11.1. The van der Waals surface area contributed by atoms with Crippen molar-refractivity contribution in [2.45, 2.75) is 0 Å². The van der Waals surface area contributed by atoms with Gasteiger partial charge in [0.05, 0.1) is 11.7 Å². The van der Waals surface area contributed by atoms with Crippen molar-refractivity contribution < 1.29 is 9.90 Å². The van der Waals surface area contributed by atoms with E-state index in [-0.39, 0.29) is 11.7 Å². The second-order valence-corrected chi connectivity index (χ2v) is 4.59. The fraction of sp³-hybridized carbons (Fsp3) is 0. The Kier molecular flexibility index (Phi) is 3.39. The van der Waals surface area contributed by atoms with E-state index in [9.17, 15) is 9.90 Å². The topological polar surface area (TPSA) is 78.0 Å². The van der Waals surface area contributed by atoms with Gasteiger partial charge >= 0.3 is 0 Å². The Bertz CT molecular complexity index is 804. The van der Waals surface area contributed by atoms with E-state index < -0.39 is 0 Å². The molecule has 0 aliphatic carbocycles. The van der Waals surface area contributed by atoms with Gasteiger partial charge in [-0.15, -0.1) is 0 Å². The minimum atomic E-state index is -0.220. The van der Waals surface area contributed by atoms with E-state index in [1.807, 2.05) is 18.2 Å². The van der Waals surface area contributed by atoms with Crippen molar-refractivity contribution in [3.05, 3.63) is 60.3 Å². The Labute approximate surface area is 120 Å². The molecule has 1 aromatic heterocycles. The fourth-order valence-electron chi connectivity index (χ4n) is 1.96. The van der Waals surface area contributed by atoms with E-state index in [1.54, 1.807) is 36.5 Å². The van der Waals surface area contributed by atoms with Crippen LogP contribution in [0.1, 0.15) is 5.56 Å². The van der Waals surface area contributed by atoms with Crippen molar-refractivity contribution in [2.75, 3.05) is 5.32 Å². The largest absolute Gasteiger partial charge is 0.508 e. The summed E-state index contributed by atoms with van der Waals surface area (Å²) in [6, 6.07) is 12.1. The summed E-state index contributed by atoms with van der Waals surface area (Å²) in [7, 11) is 0. The number of rotatable bonds is 3. The maximum atomic E-state index is 11.9. The van der Waals surface area contributed by atoms with Gasteiger partial charge in [-0.1, -0.05) is 12.1 Å². The number of aromatic nitrogens is 2. The molecule has 0 fully saturated rings. The molecule has 0 atom stereocenters. The van der Waals surface area contributed by atoms with Gasteiger partial charge in [0.25, 0.3) is 0 Å². The SMILES string of the molecule is O=C(/C=C/c1ccc(O)cc1)Nc1ccc2cn[nH]c2c1. The van der Waals surface area contributed by atoms with E-state index in [4.69, 9.17) is 0 Å². The number of H-pyrrole nitrogens is 1. The number of phenolic OH excluding ortho intramolecular Hbond substituents is 1. The minimum absolute atomic E-state index is 0.199. The Morgan fingerprint density at radius 1 is 1.19 bits per heavy atom. The summed E-state index contributed by atoms with van der Waals surface area (Å²) >= 11 is 0. The summed E-state index contributed by atoms with van der Waals surface area (Å²) in [5.74, 6) is -0.0219. The number of fused-ring (bicyclic) bond motifs is 1. The van der Waals surface area contributed by atoms with Crippen molar-refractivity contribution in [1.82, 2.24) is 10.2 Å². The molecule has 5 heteroatoms. The molecule has 1 heterocycles. The van der Waals surface area contributed by atoms with Crippen LogP contribution < -0.4 is 5.32 Å². The first-order valence-corrected chi connectivity index (χ1v) is 6.42. The third-order valence-corrected chi connectivity index (χ3v) is 3.03. The lowest BCUT2D eigenvalue weighted by atomic mass is 10.2. The lowest BCUT2D eigenvalue weighted by molar-refractivity contribution is -0.111. The van der Waals surface area contributed by atoms with Crippen LogP contribution >= 0.6 is 0 Å². The van der Waals surface area contributed by atoms with Crippen molar-refractivity contribution in [1.29, 1.82) is 0 Å². The third-order valence-electron chi connectivity index (χ3n) is 3.03. The molecule has 5 nitrogen and oxygen atoms in total. The van der Waals surface area contributed by atoms with Gasteiger partial charge in [0.15, 0.2) is 0 Å².